The van der Waals surface area contributed by atoms with Crippen molar-refractivity contribution in [3.63, 3.8) is 0 Å². The second kappa shape index (κ2) is 7.68. The normalized spacial score (nSPS) is 18.6. The summed E-state index contributed by atoms with van der Waals surface area (Å²) in [6, 6.07) is 3.51. The van der Waals surface area contributed by atoms with Gasteiger partial charge < -0.3 is 14.8 Å². The van der Waals surface area contributed by atoms with Crippen LogP contribution >= 0.6 is 23.5 Å². The zero-order chi connectivity index (χ0) is 14.4. The molecule has 1 aliphatic rings. The fourth-order valence-corrected chi connectivity index (χ4v) is 3.78. The van der Waals surface area contributed by atoms with Gasteiger partial charge in [0.15, 0.2) is 0 Å². The van der Waals surface area contributed by atoms with Crippen molar-refractivity contribution in [3.8, 4) is 0 Å². The lowest BCUT2D eigenvalue weighted by Crippen LogP contribution is -2.43. The highest BCUT2D eigenvalue weighted by molar-refractivity contribution is 7.99. The van der Waals surface area contributed by atoms with Crippen LogP contribution in [0, 0.1) is 0 Å². The molecule has 0 unspecified atom stereocenters. The number of hydrogen-bond acceptors (Lipinski definition) is 5. The standard InChI is InChI=1S/C13H19F2NO2S2/c14-12(15)20-8-11-2-1-10(18-11)7-16-9-13(17)3-5-19-6-4-13/h1-2,12,16-17H,3-9H2. The summed E-state index contributed by atoms with van der Waals surface area (Å²) in [6.07, 6.45) is 1.61. The molecule has 3 nitrogen and oxygen atoms in total. The van der Waals surface area contributed by atoms with Crippen LogP contribution in [0.2, 0.25) is 0 Å². The first-order valence-electron chi connectivity index (χ1n) is 6.56. The van der Waals surface area contributed by atoms with Gasteiger partial charge in [0.05, 0.1) is 17.9 Å². The molecule has 0 atom stereocenters. The summed E-state index contributed by atoms with van der Waals surface area (Å²) in [7, 11) is 0. The van der Waals surface area contributed by atoms with Gasteiger partial charge in [-0.25, -0.2) is 0 Å². The average molecular weight is 323 g/mol. The predicted molar refractivity (Wildman–Crippen MR) is 79.2 cm³/mol. The fraction of sp³-hybridized carbons (Fsp3) is 0.692. The van der Waals surface area contributed by atoms with Gasteiger partial charge in [-0.15, -0.1) is 0 Å². The Bertz CT molecular complexity index is 409. The Hall–Kier alpha value is -0.240. The van der Waals surface area contributed by atoms with Crippen LogP contribution in [0.5, 0.6) is 0 Å². The first-order chi connectivity index (χ1) is 9.57. The third-order valence-corrected chi connectivity index (χ3v) is 4.93. The largest absolute Gasteiger partial charge is 0.464 e. The molecule has 0 aromatic carbocycles. The number of aliphatic hydroxyl groups is 1. The summed E-state index contributed by atoms with van der Waals surface area (Å²) in [5, 5.41) is 13.5. The summed E-state index contributed by atoms with van der Waals surface area (Å²) < 4.78 is 29.6. The smallest absolute Gasteiger partial charge is 0.284 e. The molecule has 0 saturated carbocycles. The molecular weight excluding hydrogens is 304 g/mol. The van der Waals surface area contributed by atoms with Crippen LogP contribution in [0.25, 0.3) is 0 Å². The van der Waals surface area contributed by atoms with Gasteiger partial charge in [-0.2, -0.15) is 20.5 Å². The monoisotopic (exact) mass is 323 g/mol. The zero-order valence-electron chi connectivity index (χ0n) is 11.1. The number of thioether (sulfide) groups is 2. The number of furan rings is 1. The van der Waals surface area contributed by atoms with Gasteiger partial charge in [0.2, 0.25) is 0 Å². The third kappa shape index (κ3) is 5.27. The number of nitrogens with one attached hydrogen (secondary N) is 1. The van der Waals surface area contributed by atoms with E-state index in [1.54, 1.807) is 12.1 Å². The molecule has 1 fully saturated rings. The van der Waals surface area contributed by atoms with E-state index in [0.29, 0.717) is 36.4 Å². The van der Waals surface area contributed by atoms with Crippen LogP contribution in [-0.2, 0) is 12.3 Å². The Morgan fingerprint density at radius 3 is 2.75 bits per heavy atom. The van der Waals surface area contributed by atoms with Crippen molar-refractivity contribution in [2.45, 2.75) is 36.5 Å². The van der Waals surface area contributed by atoms with Crippen LogP contribution in [0.4, 0.5) is 8.78 Å². The lowest BCUT2D eigenvalue weighted by Gasteiger charge is -2.31. The summed E-state index contributed by atoms with van der Waals surface area (Å²) in [5.74, 6) is 1.06. The van der Waals surface area contributed by atoms with E-state index in [0.717, 1.165) is 24.3 Å². The highest BCUT2D eigenvalue weighted by Gasteiger charge is 2.28. The van der Waals surface area contributed by atoms with Crippen molar-refractivity contribution in [1.82, 2.24) is 5.32 Å². The molecule has 0 bridgehead atoms. The van der Waals surface area contributed by atoms with Crippen molar-refractivity contribution < 1.29 is 18.3 Å². The third-order valence-electron chi connectivity index (χ3n) is 3.25. The van der Waals surface area contributed by atoms with Crippen LogP contribution in [0.3, 0.4) is 0 Å². The van der Waals surface area contributed by atoms with Gasteiger partial charge in [0.1, 0.15) is 11.5 Å². The van der Waals surface area contributed by atoms with Crippen molar-refractivity contribution in [2.24, 2.45) is 0 Å². The Balaban J connectivity index is 1.71. The maximum atomic E-state index is 12.1. The highest BCUT2D eigenvalue weighted by atomic mass is 32.2. The van der Waals surface area contributed by atoms with Crippen LogP contribution in [0.1, 0.15) is 24.4 Å². The van der Waals surface area contributed by atoms with Gasteiger partial charge >= 0.3 is 0 Å². The fourth-order valence-electron chi connectivity index (χ4n) is 2.09. The molecular formula is C13H19F2NO2S2. The van der Waals surface area contributed by atoms with Crippen molar-refractivity contribution in [2.75, 3.05) is 18.1 Å². The molecule has 0 amide bonds. The molecule has 1 aromatic heterocycles. The van der Waals surface area contributed by atoms with Crippen molar-refractivity contribution in [1.29, 1.82) is 0 Å². The summed E-state index contributed by atoms with van der Waals surface area (Å²) in [6.45, 7) is 1.05. The second-order valence-electron chi connectivity index (χ2n) is 4.88. The van der Waals surface area contributed by atoms with Crippen LogP contribution in [-0.4, -0.2) is 34.5 Å². The molecule has 0 radical (unpaired) electrons. The minimum absolute atomic E-state index is 0.179. The summed E-state index contributed by atoms with van der Waals surface area (Å²) in [4.78, 5) is 0. The Morgan fingerprint density at radius 2 is 2.05 bits per heavy atom. The van der Waals surface area contributed by atoms with Gasteiger partial charge in [-0.3, -0.25) is 0 Å². The highest BCUT2D eigenvalue weighted by Crippen LogP contribution is 2.26. The summed E-state index contributed by atoms with van der Waals surface area (Å²) >= 11 is 2.42. The summed E-state index contributed by atoms with van der Waals surface area (Å²) in [5.41, 5.74) is -0.619. The van der Waals surface area contributed by atoms with E-state index in [4.69, 9.17) is 4.42 Å². The lowest BCUT2D eigenvalue weighted by atomic mass is 9.97. The number of alkyl halides is 2. The van der Waals surface area contributed by atoms with E-state index in [-0.39, 0.29) is 5.75 Å². The SMILES string of the molecule is OC1(CNCc2ccc(CSC(F)F)o2)CCSCC1. The molecule has 114 valence electrons. The van der Waals surface area contributed by atoms with Gasteiger partial charge in [-0.05, 0) is 36.5 Å². The van der Waals surface area contributed by atoms with Crippen molar-refractivity contribution in [3.05, 3.63) is 23.7 Å². The lowest BCUT2D eigenvalue weighted by molar-refractivity contribution is 0.0316. The molecule has 20 heavy (non-hydrogen) atoms. The van der Waals surface area contributed by atoms with Gasteiger partial charge in [0.25, 0.3) is 5.76 Å². The van der Waals surface area contributed by atoms with E-state index in [1.165, 1.54) is 0 Å². The van der Waals surface area contributed by atoms with Crippen LogP contribution < -0.4 is 5.32 Å². The maximum absolute atomic E-state index is 12.1. The molecule has 1 saturated heterocycles. The Morgan fingerprint density at radius 1 is 1.35 bits per heavy atom. The Labute approximate surface area is 125 Å². The number of halogens is 2. The first kappa shape index (κ1) is 16.1. The quantitative estimate of drug-likeness (QED) is 0.807. The molecule has 1 aromatic rings. The van der Waals surface area contributed by atoms with E-state index in [2.05, 4.69) is 5.32 Å². The Kier molecular flexibility index (Phi) is 6.20. The molecule has 0 spiro atoms. The first-order valence-corrected chi connectivity index (χ1v) is 8.76. The topological polar surface area (TPSA) is 45.4 Å². The van der Waals surface area contributed by atoms with Crippen molar-refractivity contribution >= 4 is 23.5 Å². The molecule has 2 rings (SSSR count). The minimum atomic E-state index is -2.37. The second-order valence-corrected chi connectivity index (χ2v) is 7.08. The molecule has 7 heteroatoms. The van der Waals surface area contributed by atoms with E-state index < -0.39 is 11.4 Å². The van der Waals surface area contributed by atoms with Gasteiger partial charge in [-0.1, -0.05) is 11.8 Å². The minimum Gasteiger partial charge on any atom is -0.464 e. The molecule has 2 N–H and O–H groups in total. The number of rotatable bonds is 7. The van der Waals surface area contributed by atoms with E-state index >= 15 is 0 Å². The maximum Gasteiger partial charge on any atom is 0.284 e. The number of hydrogen-bond donors (Lipinski definition) is 2. The predicted octanol–water partition coefficient (Wildman–Crippen LogP) is 3.08. The average Bonchev–Trinajstić information content (AvgIpc) is 2.85. The zero-order valence-corrected chi connectivity index (χ0v) is 12.7. The van der Waals surface area contributed by atoms with E-state index in [9.17, 15) is 13.9 Å². The molecule has 2 heterocycles. The molecule has 1 aliphatic heterocycles. The molecule has 0 aliphatic carbocycles. The van der Waals surface area contributed by atoms with E-state index in [1.807, 2.05) is 11.8 Å². The van der Waals surface area contributed by atoms with Gasteiger partial charge in [0, 0.05) is 6.54 Å². The van der Waals surface area contributed by atoms with Crippen LogP contribution in [0.15, 0.2) is 16.5 Å².